The Morgan fingerprint density at radius 2 is 2.18 bits per heavy atom. The number of nitrogens with one attached hydrogen (secondary N) is 1. The second-order valence-corrected chi connectivity index (χ2v) is 5.43. The van der Waals surface area contributed by atoms with E-state index < -0.39 is 0 Å². The zero-order valence-corrected chi connectivity index (χ0v) is 10.7. The second-order valence-electron chi connectivity index (χ2n) is 5.43. The molecule has 0 saturated carbocycles. The fourth-order valence-corrected chi connectivity index (χ4v) is 3.10. The molecule has 2 fully saturated rings. The number of likely N-dealkylation sites (tertiary alicyclic amines) is 1. The van der Waals surface area contributed by atoms with Gasteiger partial charge in [0.15, 0.2) is 0 Å². The van der Waals surface area contributed by atoms with Crippen LogP contribution in [0, 0.1) is 5.41 Å². The fourth-order valence-electron chi connectivity index (χ4n) is 3.10. The van der Waals surface area contributed by atoms with E-state index in [0.29, 0.717) is 6.54 Å². The van der Waals surface area contributed by atoms with Crippen molar-refractivity contribution in [2.45, 2.75) is 45.1 Å². The lowest BCUT2D eigenvalue weighted by atomic mass is 9.75. The van der Waals surface area contributed by atoms with Crippen molar-refractivity contribution in [1.29, 1.82) is 0 Å². The summed E-state index contributed by atoms with van der Waals surface area (Å²) in [4.78, 5) is 14.5. The molecule has 0 radical (unpaired) electrons. The number of hydrogen-bond acceptors (Lipinski definition) is 3. The number of carbonyl (C=O) groups excluding carboxylic acids is 1. The lowest BCUT2D eigenvalue weighted by Crippen LogP contribution is -2.52. The van der Waals surface area contributed by atoms with E-state index >= 15 is 0 Å². The van der Waals surface area contributed by atoms with E-state index in [4.69, 9.17) is 0 Å². The van der Waals surface area contributed by atoms with Crippen molar-refractivity contribution in [3.63, 3.8) is 0 Å². The molecule has 2 aliphatic rings. The van der Waals surface area contributed by atoms with Gasteiger partial charge in [-0.2, -0.15) is 0 Å². The summed E-state index contributed by atoms with van der Waals surface area (Å²) in [6.45, 7) is 5.36. The highest BCUT2D eigenvalue weighted by molar-refractivity contribution is 5.83. The smallest absolute Gasteiger partial charge is 0.228 e. The van der Waals surface area contributed by atoms with Crippen LogP contribution in [-0.2, 0) is 4.79 Å². The SMILES string of the molecule is CCC1(C(=O)N2CCCC(O)C2)CCNCC1. The van der Waals surface area contributed by atoms with E-state index in [1.807, 2.05) is 4.90 Å². The number of β-amino-alcohol motifs (C(OH)–C–C–N with tert-alkyl or cyclic N) is 1. The van der Waals surface area contributed by atoms with Gasteiger partial charge in [0.25, 0.3) is 0 Å². The molecule has 2 saturated heterocycles. The predicted octanol–water partition coefficient (Wildman–Crippen LogP) is 0.750. The van der Waals surface area contributed by atoms with Gasteiger partial charge >= 0.3 is 0 Å². The zero-order chi connectivity index (χ0) is 12.3. The quantitative estimate of drug-likeness (QED) is 0.749. The molecular weight excluding hydrogens is 216 g/mol. The number of aliphatic hydroxyl groups excluding tert-OH is 1. The Labute approximate surface area is 103 Å². The minimum absolute atomic E-state index is 0.164. The van der Waals surface area contributed by atoms with E-state index in [9.17, 15) is 9.90 Å². The van der Waals surface area contributed by atoms with Crippen LogP contribution in [0.4, 0.5) is 0 Å². The van der Waals surface area contributed by atoms with E-state index in [2.05, 4.69) is 12.2 Å². The number of amides is 1. The summed E-state index contributed by atoms with van der Waals surface area (Å²) in [5, 5.41) is 13.0. The monoisotopic (exact) mass is 240 g/mol. The Balaban J connectivity index is 2.05. The molecule has 2 rings (SSSR count). The lowest BCUT2D eigenvalue weighted by molar-refractivity contribution is -0.147. The van der Waals surface area contributed by atoms with Gasteiger partial charge in [-0.3, -0.25) is 4.79 Å². The topological polar surface area (TPSA) is 52.6 Å². The highest BCUT2D eigenvalue weighted by Crippen LogP contribution is 2.35. The zero-order valence-electron chi connectivity index (χ0n) is 10.7. The van der Waals surface area contributed by atoms with Crippen LogP contribution in [0.25, 0.3) is 0 Å². The highest BCUT2D eigenvalue weighted by atomic mass is 16.3. The molecule has 2 N–H and O–H groups in total. The van der Waals surface area contributed by atoms with E-state index in [1.165, 1.54) is 0 Å². The second kappa shape index (κ2) is 5.36. The molecule has 4 nitrogen and oxygen atoms in total. The largest absolute Gasteiger partial charge is 0.391 e. The number of nitrogens with zero attached hydrogens (tertiary/aromatic N) is 1. The van der Waals surface area contributed by atoms with Crippen LogP contribution in [-0.4, -0.2) is 48.2 Å². The van der Waals surface area contributed by atoms with Crippen molar-refractivity contribution < 1.29 is 9.90 Å². The van der Waals surface area contributed by atoms with Gasteiger partial charge in [0.1, 0.15) is 0 Å². The summed E-state index contributed by atoms with van der Waals surface area (Å²) < 4.78 is 0. The van der Waals surface area contributed by atoms with Gasteiger partial charge in [-0.05, 0) is 45.2 Å². The molecule has 98 valence electrons. The minimum atomic E-state index is -0.316. The third-order valence-electron chi connectivity index (χ3n) is 4.37. The molecule has 1 unspecified atom stereocenters. The maximum absolute atomic E-state index is 12.6. The molecule has 17 heavy (non-hydrogen) atoms. The van der Waals surface area contributed by atoms with Gasteiger partial charge in [-0.25, -0.2) is 0 Å². The van der Waals surface area contributed by atoms with Crippen molar-refractivity contribution in [3.8, 4) is 0 Å². The standard InChI is InChI=1S/C13H24N2O2/c1-2-13(5-7-14-8-6-13)12(17)15-9-3-4-11(16)10-15/h11,14,16H,2-10H2,1H3. The van der Waals surface area contributed by atoms with Gasteiger partial charge in [0.2, 0.25) is 5.91 Å². The van der Waals surface area contributed by atoms with Crippen LogP contribution in [0.1, 0.15) is 39.0 Å². The van der Waals surface area contributed by atoms with Crippen molar-refractivity contribution in [1.82, 2.24) is 10.2 Å². The predicted molar refractivity (Wildman–Crippen MR) is 66.6 cm³/mol. The van der Waals surface area contributed by atoms with Crippen LogP contribution in [0.2, 0.25) is 0 Å². The van der Waals surface area contributed by atoms with E-state index in [0.717, 1.165) is 51.7 Å². The van der Waals surface area contributed by atoms with E-state index in [-0.39, 0.29) is 17.4 Å². The Morgan fingerprint density at radius 1 is 1.47 bits per heavy atom. The molecule has 1 amide bonds. The maximum Gasteiger partial charge on any atom is 0.228 e. The van der Waals surface area contributed by atoms with Crippen molar-refractivity contribution in [3.05, 3.63) is 0 Å². The average Bonchev–Trinajstić information content (AvgIpc) is 2.38. The van der Waals surface area contributed by atoms with E-state index in [1.54, 1.807) is 0 Å². The Bertz CT molecular complexity index is 275. The Morgan fingerprint density at radius 3 is 2.76 bits per heavy atom. The van der Waals surface area contributed by atoms with Gasteiger partial charge in [0.05, 0.1) is 11.5 Å². The number of hydrogen-bond donors (Lipinski definition) is 2. The lowest BCUT2D eigenvalue weighted by Gasteiger charge is -2.41. The van der Waals surface area contributed by atoms with Crippen molar-refractivity contribution in [2.75, 3.05) is 26.2 Å². The van der Waals surface area contributed by atoms with Crippen LogP contribution in [0.5, 0.6) is 0 Å². The van der Waals surface area contributed by atoms with Gasteiger partial charge in [0, 0.05) is 13.1 Å². The molecule has 0 aliphatic carbocycles. The van der Waals surface area contributed by atoms with Crippen LogP contribution in [0.3, 0.4) is 0 Å². The Kier molecular flexibility index (Phi) is 4.05. The van der Waals surface area contributed by atoms with Crippen LogP contribution < -0.4 is 5.32 Å². The van der Waals surface area contributed by atoms with Gasteiger partial charge in [-0.15, -0.1) is 0 Å². The minimum Gasteiger partial charge on any atom is -0.391 e. The molecule has 0 bridgehead atoms. The molecule has 2 heterocycles. The average molecular weight is 240 g/mol. The first-order chi connectivity index (χ1) is 8.18. The van der Waals surface area contributed by atoms with Crippen molar-refractivity contribution in [2.24, 2.45) is 5.41 Å². The van der Waals surface area contributed by atoms with Gasteiger partial charge in [-0.1, -0.05) is 6.92 Å². The van der Waals surface area contributed by atoms with Crippen LogP contribution >= 0.6 is 0 Å². The molecule has 0 aromatic carbocycles. The maximum atomic E-state index is 12.6. The first kappa shape index (κ1) is 12.8. The summed E-state index contributed by atoms with van der Waals surface area (Å²) in [5.74, 6) is 0.278. The molecule has 4 heteroatoms. The fraction of sp³-hybridized carbons (Fsp3) is 0.923. The van der Waals surface area contributed by atoms with Crippen LogP contribution in [0.15, 0.2) is 0 Å². The summed E-state index contributed by atoms with van der Waals surface area (Å²) in [5.41, 5.74) is -0.164. The van der Waals surface area contributed by atoms with Gasteiger partial charge < -0.3 is 15.3 Å². The number of piperidine rings is 2. The third kappa shape index (κ3) is 2.63. The molecule has 0 aromatic heterocycles. The highest BCUT2D eigenvalue weighted by Gasteiger charge is 2.41. The summed E-state index contributed by atoms with van der Waals surface area (Å²) in [6, 6.07) is 0. The molecule has 2 aliphatic heterocycles. The first-order valence-electron chi connectivity index (χ1n) is 6.86. The number of carbonyl (C=O) groups is 1. The molecule has 1 atom stereocenters. The number of aliphatic hydroxyl groups is 1. The third-order valence-corrected chi connectivity index (χ3v) is 4.37. The molecule has 0 aromatic rings. The molecular formula is C13H24N2O2. The first-order valence-corrected chi connectivity index (χ1v) is 6.86. The summed E-state index contributed by atoms with van der Waals surface area (Å²) in [7, 11) is 0. The number of rotatable bonds is 2. The molecule has 0 spiro atoms. The summed E-state index contributed by atoms with van der Waals surface area (Å²) >= 11 is 0. The normalized spacial score (nSPS) is 29.1. The summed E-state index contributed by atoms with van der Waals surface area (Å²) in [6.07, 6.45) is 4.25. The van der Waals surface area contributed by atoms with Crippen molar-refractivity contribution >= 4 is 5.91 Å². The Hall–Kier alpha value is -0.610.